The van der Waals surface area contributed by atoms with E-state index >= 15 is 0 Å². The van der Waals surface area contributed by atoms with Gasteiger partial charge in [-0.3, -0.25) is 10.2 Å². The molecule has 1 aliphatic rings. The van der Waals surface area contributed by atoms with Gasteiger partial charge in [0.15, 0.2) is 0 Å². The molecule has 1 unspecified atom stereocenters. The first-order valence-corrected chi connectivity index (χ1v) is 9.79. The van der Waals surface area contributed by atoms with Crippen LogP contribution >= 0.6 is 0 Å². The van der Waals surface area contributed by atoms with Crippen molar-refractivity contribution in [2.45, 2.75) is 58.7 Å². The molecule has 1 N–H and O–H groups in total. The molecule has 0 bridgehead atoms. The van der Waals surface area contributed by atoms with Crippen molar-refractivity contribution in [3.63, 3.8) is 0 Å². The van der Waals surface area contributed by atoms with Gasteiger partial charge in [-0.05, 0) is 54.7 Å². The Morgan fingerprint density at radius 2 is 1.79 bits per heavy atom. The molecule has 1 heterocycles. The van der Waals surface area contributed by atoms with Crippen LogP contribution in [-0.4, -0.2) is 23.6 Å². The third-order valence-electron chi connectivity index (χ3n) is 5.36. The van der Waals surface area contributed by atoms with Crippen molar-refractivity contribution in [1.29, 1.82) is 0 Å². The van der Waals surface area contributed by atoms with Crippen molar-refractivity contribution in [3.8, 4) is 0 Å². The molecule has 0 radical (unpaired) electrons. The Kier molecular flexibility index (Phi) is 5.71. The molecule has 3 rings (SSSR count). The molecule has 1 aliphatic heterocycles. The number of hydrogen-bond donors (Lipinski definition) is 1. The molecule has 1 fully saturated rings. The average molecular weight is 392 g/mol. The Hall–Kier alpha value is -2.08. The highest BCUT2D eigenvalue weighted by Crippen LogP contribution is 2.41. The van der Waals surface area contributed by atoms with Crippen LogP contribution in [0.15, 0.2) is 36.4 Å². The summed E-state index contributed by atoms with van der Waals surface area (Å²) in [5.41, 5.74) is 2.90. The molecule has 2 aromatic carbocycles. The summed E-state index contributed by atoms with van der Waals surface area (Å²) < 4.78 is 41.6. The van der Waals surface area contributed by atoms with Gasteiger partial charge in [-0.15, -0.1) is 0 Å². The third kappa shape index (κ3) is 4.32. The number of hydrogen-bond acceptors (Lipinski definition) is 2. The van der Waals surface area contributed by atoms with Crippen molar-refractivity contribution >= 4 is 16.7 Å². The predicted octanol–water partition coefficient (Wildman–Crippen LogP) is 5.55. The molecule has 1 amide bonds. The smallest absolute Gasteiger partial charge is 0.287 e. The van der Waals surface area contributed by atoms with Crippen LogP contribution in [0.2, 0.25) is 0 Å². The molecule has 6 heteroatoms. The minimum Gasteiger partial charge on any atom is -0.287 e. The summed E-state index contributed by atoms with van der Waals surface area (Å²) in [5, 5.41) is 2.73. The van der Waals surface area contributed by atoms with Crippen LogP contribution in [0.5, 0.6) is 0 Å². The van der Waals surface area contributed by atoms with Crippen molar-refractivity contribution < 1.29 is 18.0 Å². The predicted molar refractivity (Wildman–Crippen MR) is 105 cm³/mol. The Labute approximate surface area is 163 Å². The zero-order valence-electron chi connectivity index (χ0n) is 16.6. The number of rotatable bonds is 6. The van der Waals surface area contributed by atoms with E-state index in [0.717, 1.165) is 35.0 Å². The first-order valence-electron chi connectivity index (χ1n) is 9.79. The summed E-state index contributed by atoms with van der Waals surface area (Å²) in [7, 11) is 0. The number of hydrazine groups is 1. The molecule has 0 aliphatic carbocycles. The second kappa shape index (κ2) is 7.74. The van der Waals surface area contributed by atoms with Crippen molar-refractivity contribution in [2.75, 3.05) is 6.54 Å². The van der Waals surface area contributed by atoms with E-state index in [1.807, 2.05) is 12.1 Å². The van der Waals surface area contributed by atoms with Crippen LogP contribution in [0, 0.1) is 5.41 Å². The number of carbonyl (C=O) groups excluding carboxylic acids is 1. The fraction of sp³-hybridized carbons (Fsp3) is 0.500. The summed E-state index contributed by atoms with van der Waals surface area (Å²) in [6.07, 6.45) is -0.0878. The van der Waals surface area contributed by atoms with E-state index in [1.54, 1.807) is 26.0 Å². The number of halogens is 3. The van der Waals surface area contributed by atoms with Gasteiger partial charge in [0.2, 0.25) is 5.91 Å². The first kappa shape index (κ1) is 20.6. The number of amides is 1. The van der Waals surface area contributed by atoms with Crippen LogP contribution in [0.25, 0.3) is 10.8 Å². The van der Waals surface area contributed by atoms with Gasteiger partial charge in [-0.2, -0.15) is 13.2 Å². The van der Waals surface area contributed by atoms with E-state index in [4.69, 9.17) is 0 Å². The van der Waals surface area contributed by atoms with Crippen molar-refractivity contribution in [3.05, 3.63) is 47.5 Å². The highest BCUT2D eigenvalue weighted by Gasteiger charge is 2.51. The van der Waals surface area contributed by atoms with E-state index in [0.29, 0.717) is 0 Å². The van der Waals surface area contributed by atoms with E-state index in [9.17, 15) is 18.0 Å². The SMILES string of the molecule is CCCCCc1ccc2cc(C(N3CC(C)(C)C(=O)N3)C(F)(F)F)ccc2c1. The monoisotopic (exact) mass is 392 g/mol. The number of alkyl halides is 3. The zero-order chi connectivity index (χ0) is 20.5. The maximum atomic E-state index is 13.9. The maximum absolute atomic E-state index is 13.9. The molecular formula is C22H27F3N2O. The van der Waals surface area contributed by atoms with Gasteiger partial charge >= 0.3 is 6.18 Å². The second-order valence-electron chi connectivity index (χ2n) is 8.29. The molecule has 0 saturated carbocycles. The lowest BCUT2D eigenvalue weighted by atomic mass is 9.93. The number of carbonyl (C=O) groups is 1. The number of aryl methyl sites for hydroxylation is 1. The second-order valence-corrected chi connectivity index (χ2v) is 8.29. The van der Waals surface area contributed by atoms with Gasteiger partial charge in [0.05, 0.1) is 5.41 Å². The summed E-state index contributed by atoms with van der Waals surface area (Å²) in [5.74, 6) is -0.390. The molecule has 2 aromatic rings. The molecule has 0 aromatic heterocycles. The van der Waals surface area contributed by atoms with E-state index in [-0.39, 0.29) is 18.0 Å². The summed E-state index contributed by atoms with van der Waals surface area (Å²) >= 11 is 0. The summed E-state index contributed by atoms with van der Waals surface area (Å²) in [6, 6.07) is 8.92. The molecule has 152 valence electrons. The van der Waals surface area contributed by atoms with Gasteiger partial charge in [-0.1, -0.05) is 50.1 Å². The topological polar surface area (TPSA) is 32.3 Å². The van der Waals surface area contributed by atoms with Crippen molar-refractivity contribution in [2.24, 2.45) is 5.41 Å². The highest BCUT2D eigenvalue weighted by molar-refractivity contribution is 5.85. The minimum absolute atomic E-state index is 0.00438. The van der Waals surface area contributed by atoms with E-state index < -0.39 is 17.6 Å². The highest BCUT2D eigenvalue weighted by atomic mass is 19.4. The molecule has 1 saturated heterocycles. The zero-order valence-corrected chi connectivity index (χ0v) is 16.6. The van der Waals surface area contributed by atoms with Gasteiger partial charge in [0, 0.05) is 6.54 Å². The molecular weight excluding hydrogens is 365 g/mol. The molecule has 3 nitrogen and oxygen atoms in total. The number of nitrogens with zero attached hydrogens (tertiary/aromatic N) is 1. The lowest BCUT2D eigenvalue weighted by Gasteiger charge is -2.30. The number of benzene rings is 2. The van der Waals surface area contributed by atoms with Crippen molar-refractivity contribution in [1.82, 2.24) is 10.4 Å². The lowest BCUT2D eigenvalue weighted by Crippen LogP contribution is -2.43. The van der Waals surface area contributed by atoms with Gasteiger partial charge in [0.25, 0.3) is 0 Å². The fourth-order valence-electron chi connectivity index (χ4n) is 3.74. The van der Waals surface area contributed by atoms with Crippen LogP contribution in [0.4, 0.5) is 13.2 Å². The number of nitrogens with one attached hydrogen (secondary N) is 1. The van der Waals surface area contributed by atoms with E-state index in [1.165, 1.54) is 18.1 Å². The third-order valence-corrected chi connectivity index (χ3v) is 5.36. The Bertz CT molecular complexity index is 860. The Morgan fingerprint density at radius 3 is 2.39 bits per heavy atom. The van der Waals surface area contributed by atoms with Crippen LogP contribution in [0.3, 0.4) is 0 Å². The summed E-state index contributed by atoms with van der Waals surface area (Å²) in [4.78, 5) is 12.0. The lowest BCUT2D eigenvalue weighted by molar-refractivity contribution is -0.191. The average Bonchev–Trinajstić information content (AvgIpc) is 2.86. The van der Waals surface area contributed by atoms with Gasteiger partial charge in [0.1, 0.15) is 6.04 Å². The Balaban J connectivity index is 1.91. The standard InChI is InChI=1S/C22H27F3N2O/c1-4-5-6-7-15-8-9-17-13-18(11-10-16(17)12-15)19(22(23,24)25)27-14-21(2,3)20(28)26-27/h8-13,19H,4-7,14H2,1-3H3,(H,26,28). The molecule has 28 heavy (non-hydrogen) atoms. The number of unbranched alkanes of at least 4 members (excludes halogenated alkanes) is 2. The van der Waals surface area contributed by atoms with Crippen LogP contribution in [-0.2, 0) is 11.2 Å². The first-order chi connectivity index (χ1) is 13.1. The maximum Gasteiger partial charge on any atom is 0.409 e. The number of fused-ring (bicyclic) bond motifs is 1. The summed E-state index contributed by atoms with van der Waals surface area (Å²) in [6.45, 7) is 5.46. The molecule has 1 atom stereocenters. The van der Waals surface area contributed by atoms with Crippen LogP contribution in [0.1, 0.15) is 57.2 Å². The fourth-order valence-corrected chi connectivity index (χ4v) is 3.74. The minimum atomic E-state index is -4.50. The molecule has 0 spiro atoms. The quantitative estimate of drug-likeness (QED) is 0.654. The van der Waals surface area contributed by atoms with Gasteiger partial charge < -0.3 is 0 Å². The van der Waals surface area contributed by atoms with Gasteiger partial charge in [-0.25, -0.2) is 5.01 Å². The normalized spacial score (nSPS) is 18.4. The van der Waals surface area contributed by atoms with E-state index in [2.05, 4.69) is 18.4 Å². The Morgan fingerprint density at radius 1 is 1.11 bits per heavy atom. The van der Waals surface area contributed by atoms with Crippen LogP contribution < -0.4 is 5.43 Å². The largest absolute Gasteiger partial charge is 0.409 e.